The first-order chi connectivity index (χ1) is 11.0. The second-order valence-electron chi connectivity index (χ2n) is 6.89. The van der Waals surface area contributed by atoms with Crippen molar-refractivity contribution in [2.75, 3.05) is 0 Å². The SMILES string of the molecule is CC(=O)OC(Cc1cc(O[Si](C)(C)CC(C)C)ccc1O)C(=O)O. The Kier molecular flexibility index (Phi) is 6.83. The minimum atomic E-state index is -1.92. The van der Waals surface area contributed by atoms with Crippen molar-refractivity contribution in [2.24, 2.45) is 5.92 Å². The molecule has 2 N–H and O–H groups in total. The van der Waals surface area contributed by atoms with Gasteiger partial charge in [0.2, 0.25) is 14.4 Å². The lowest BCUT2D eigenvalue weighted by Crippen LogP contribution is -2.35. The van der Waals surface area contributed by atoms with Crippen molar-refractivity contribution in [1.29, 1.82) is 0 Å². The molecule has 0 aliphatic heterocycles. The molecule has 1 aromatic rings. The number of carboxylic acids is 1. The van der Waals surface area contributed by atoms with Gasteiger partial charge in [-0.25, -0.2) is 4.79 Å². The summed E-state index contributed by atoms with van der Waals surface area (Å²) in [4.78, 5) is 22.2. The summed E-state index contributed by atoms with van der Waals surface area (Å²) in [5.41, 5.74) is 0.371. The van der Waals surface area contributed by atoms with Gasteiger partial charge in [-0.15, -0.1) is 0 Å². The highest BCUT2D eigenvalue weighted by Gasteiger charge is 2.27. The largest absolute Gasteiger partial charge is 0.544 e. The van der Waals surface area contributed by atoms with Crippen molar-refractivity contribution in [3.05, 3.63) is 23.8 Å². The van der Waals surface area contributed by atoms with Crippen LogP contribution in [0.4, 0.5) is 0 Å². The van der Waals surface area contributed by atoms with E-state index in [1.54, 1.807) is 12.1 Å². The van der Waals surface area contributed by atoms with Gasteiger partial charge in [0.1, 0.15) is 11.5 Å². The van der Waals surface area contributed by atoms with Crippen LogP contribution in [0.25, 0.3) is 0 Å². The smallest absolute Gasteiger partial charge is 0.345 e. The van der Waals surface area contributed by atoms with Crippen molar-refractivity contribution in [3.8, 4) is 11.5 Å². The zero-order valence-electron chi connectivity index (χ0n) is 14.8. The monoisotopic (exact) mass is 354 g/mol. The first-order valence-corrected chi connectivity index (χ1v) is 11.0. The zero-order chi connectivity index (χ0) is 18.5. The Bertz CT molecular complexity index is 597. The average molecular weight is 354 g/mol. The lowest BCUT2D eigenvalue weighted by molar-refractivity contribution is -0.162. The van der Waals surface area contributed by atoms with Crippen molar-refractivity contribution in [2.45, 2.75) is 52.4 Å². The number of hydrogen-bond donors (Lipinski definition) is 2. The Hall–Kier alpha value is -2.02. The highest BCUT2D eigenvalue weighted by Crippen LogP contribution is 2.28. The molecule has 0 bridgehead atoms. The molecule has 1 aromatic carbocycles. The number of benzene rings is 1. The second kappa shape index (κ2) is 8.19. The van der Waals surface area contributed by atoms with Crippen LogP contribution in [0, 0.1) is 5.92 Å². The number of phenolic OH excluding ortho intramolecular Hbond substituents is 1. The number of carboxylic acid groups (broad SMARTS) is 1. The predicted molar refractivity (Wildman–Crippen MR) is 92.8 cm³/mol. The first kappa shape index (κ1) is 20.0. The van der Waals surface area contributed by atoms with Gasteiger partial charge in [0.15, 0.2) is 0 Å². The molecular weight excluding hydrogens is 328 g/mol. The van der Waals surface area contributed by atoms with Crippen LogP contribution in [0.15, 0.2) is 18.2 Å². The van der Waals surface area contributed by atoms with Gasteiger partial charge >= 0.3 is 11.9 Å². The molecule has 0 fully saturated rings. The molecule has 7 heteroatoms. The summed E-state index contributed by atoms with van der Waals surface area (Å²) in [6, 6.07) is 5.73. The van der Waals surface area contributed by atoms with Gasteiger partial charge in [-0.2, -0.15) is 0 Å². The molecule has 6 nitrogen and oxygen atoms in total. The average Bonchev–Trinajstić information content (AvgIpc) is 2.39. The van der Waals surface area contributed by atoms with E-state index >= 15 is 0 Å². The first-order valence-electron chi connectivity index (χ1n) is 7.91. The zero-order valence-corrected chi connectivity index (χ0v) is 15.8. The maximum absolute atomic E-state index is 11.2. The summed E-state index contributed by atoms with van der Waals surface area (Å²) in [5.74, 6) is -0.884. The fourth-order valence-corrected chi connectivity index (χ4v) is 5.53. The van der Waals surface area contributed by atoms with Crippen LogP contribution < -0.4 is 4.43 Å². The maximum atomic E-state index is 11.2. The normalized spacial score (nSPS) is 12.8. The Morgan fingerprint density at radius 1 is 1.25 bits per heavy atom. The van der Waals surface area contributed by atoms with Crippen LogP contribution in [-0.2, 0) is 20.7 Å². The van der Waals surface area contributed by atoms with Crippen LogP contribution in [-0.4, -0.2) is 36.6 Å². The number of rotatable bonds is 8. The van der Waals surface area contributed by atoms with E-state index in [9.17, 15) is 14.7 Å². The fourth-order valence-electron chi connectivity index (χ4n) is 2.71. The van der Waals surface area contributed by atoms with Crippen molar-refractivity contribution in [1.82, 2.24) is 0 Å². The summed E-state index contributed by atoms with van der Waals surface area (Å²) in [5, 5.41) is 19.1. The molecule has 0 saturated carbocycles. The van der Waals surface area contributed by atoms with Crippen LogP contribution in [0.3, 0.4) is 0 Å². The maximum Gasteiger partial charge on any atom is 0.345 e. The lowest BCUT2D eigenvalue weighted by Gasteiger charge is -2.26. The van der Waals surface area contributed by atoms with Gasteiger partial charge in [0.05, 0.1) is 0 Å². The molecule has 0 aliphatic rings. The summed E-state index contributed by atoms with van der Waals surface area (Å²) < 4.78 is 10.9. The van der Waals surface area contributed by atoms with Crippen molar-refractivity contribution in [3.63, 3.8) is 0 Å². The van der Waals surface area contributed by atoms with E-state index in [4.69, 9.17) is 14.3 Å². The van der Waals surface area contributed by atoms with E-state index < -0.39 is 26.4 Å². The molecule has 1 unspecified atom stereocenters. The summed E-state index contributed by atoms with van der Waals surface area (Å²) in [7, 11) is -1.92. The summed E-state index contributed by atoms with van der Waals surface area (Å²) in [6.45, 7) is 9.64. The van der Waals surface area contributed by atoms with Crippen LogP contribution >= 0.6 is 0 Å². The Labute approximate surface area is 143 Å². The lowest BCUT2D eigenvalue weighted by atomic mass is 10.1. The van der Waals surface area contributed by atoms with E-state index in [0.717, 1.165) is 13.0 Å². The van der Waals surface area contributed by atoms with E-state index in [1.807, 2.05) is 0 Å². The highest BCUT2D eigenvalue weighted by atomic mass is 28.4. The molecular formula is C17H26O6Si. The molecule has 0 amide bonds. The third kappa shape index (κ3) is 6.62. The van der Waals surface area contributed by atoms with Crippen molar-refractivity contribution < 1.29 is 29.0 Å². The summed E-state index contributed by atoms with van der Waals surface area (Å²) in [6.07, 6.45) is -1.46. The molecule has 0 aliphatic carbocycles. The number of phenols is 1. The molecule has 134 valence electrons. The number of esters is 1. The van der Waals surface area contributed by atoms with Crippen molar-refractivity contribution >= 4 is 20.3 Å². The van der Waals surface area contributed by atoms with Gasteiger partial charge in [-0.05, 0) is 43.3 Å². The Morgan fingerprint density at radius 2 is 1.88 bits per heavy atom. The third-order valence-electron chi connectivity index (χ3n) is 3.33. The number of hydrogen-bond acceptors (Lipinski definition) is 5. The van der Waals surface area contributed by atoms with Crippen LogP contribution in [0.5, 0.6) is 11.5 Å². The highest BCUT2D eigenvalue weighted by molar-refractivity contribution is 6.71. The predicted octanol–water partition coefficient (Wildman–Crippen LogP) is 3.19. The minimum Gasteiger partial charge on any atom is -0.544 e. The molecule has 0 spiro atoms. The number of aromatic hydroxyl groups is 1. The molecule has 0 heterocycles. The molecule has 24 heavy (non-hydrogen) atoms. The molecule has 0 aromatic heterocycles. The van der Waals surface area contributed by atoms with E-state index in [1.165, 1.54) is 6.07 Å². The van der Waals surface area contributed by atoms with Gasteiger partial charge in [0, 0.05) is 18.9 Å². The van der Waals surface area contributed by atoms with Crippen LogP contribution in [0.2, 0.25) is 19.1 Å². The number of carbonyl (C=O) groups is 2. The number of carbonyl (C=O) groups excluding carboxylic acids is 1. The van der Waals surface area contributed by atoms with Gasteiger partial charge < -0.3 is 19.4 Å². The van der Waals surface area contributed by atoms with E-state index in [0.29, 0.717) is 17.2 Å². The second-order valence-corrected chi connectivity index (χ2v) is 11.0. The van der Waals surface area contributed by atoms with E-state index in [2.05, 4.69) is 26.9 Å². The fraction of sp³-hybridized carbons (Fsp3) is 0.529. The molecule has 0 saturated heterocycles. The summed E-state index contributed by atoms with van der Waals surface area (Å²) >= 11 is 0. The quantitative estimate of drug-likeness (QED) is 0.550. The molecule has 1 atom stereocenters. The number of ether oxygens (including phenoxy) is 1. The van der Waals surface area contributed by atoms with Gasteiger partial charge in [-0.1, -0.05) is 13.8 Å². The molecule has 0 radical (unpaired) electrons. The minimum absolute atomic E-state index is 0.0518. The molecule has 1 rings (SSSR count). The van der Waals surface area contributed by atoms with Crippen LogP contribution in [0.1, 0.15) is 26.3 Å². The van der Waals surface area contributed by atoms with E-state index in [-0.39, 0.29) is 12.2 Å². The Morgan fingerprint density at radius 3 is 2.38 bits per heavy atom. The topological polar surface area (TPSA) is 93.1 Å². The number of aliphatic carboxylic acids is 1. The van der Waals surface area contributed by atoms with Gasteiger partial charge in [0.25, 0.3) is 0 Å². The Balaban J connectivity index is 2.96. The van der Waals surface area contributed by atoms with Gasteiger partial charge in [-0.3, -0.25) is 4.79 Å². The standard InChI is InChI=1S/C17H26O6Si/c1-11(2)10-24(4,5)23-14-6-7-15(19)13(8-14)9-16(17(20)21)22-12(3)18/h6-8,11,16,19H,9-10H2,1-5H3,(H,20,21). The third-order valence-corrected chi connectivity index (χ3v) is 5.92.